The number of para-hydroxylation sites is 1. The fourth-order valence-corrected chi connectivity index (χ4v) is 3.75. The lowest BCUT2D eigenvalue weighted by molar-refractivity contribution is -0.119. The molecular formula is C23H22N2O5. The van der Waals surface area contributed by atoms with Gasteiger partial charge < -0.3 is 19.5 Å². The summed E-state index contributed by atoms with van der Waals surface area (Å²) < 4.78 is 15.8. The summed E-state index contributed by atoms with van der Waals surface area (Å²) in [6.07, 6.45) is 2.58. The quantitative estimate of drug-likeness (QED) is 0.630. The maximum Gasteiger partial charge on any atom is 0.339 e. The highest BCUT2D eigenvalue weighted by atomic mass is 16.5. The van der Waals surface area contributed by atoms with Crippen molar-refractivity contribution in [2.75, 3.05) is 26.1 Å². The Kier molecular flexibility index (Phi) is 5.52. The van der Waals surface area contributed by atoms with Crippen LogP contribution < -0.4 is 14.8 Å². The van der Waals surface area contributed by atoms with Gasteiger partial charge in [0.25, 0.3) is 5.91 Å². The Morgan fingerprint density at radius 2 is 1.90 bits per heavy atom. The molecule has 0 unspecified atom stereocenters. The lowest BCUT2D eigenvalue weighted by Gasteiger charge is -2.13. The summed E-state index contributed by atoms with van der Waals surface area (Å²) in [5.74, 6) is 0.0692. The van der Waals surface area contributed by atoms with Crippen LogP contribution in [0.25, 0.3) is 10.9 Å². The molecule has 1 amide bonds. The fraction of sp³-hybridized carbons (Fsp3) is 0.261. The van der Waals surface area contributed by atoms with E-state index in [4.69, 9.17) is 14.2 Å². The number of aromatic nitrogens is 1. The largest absolute Gasteiger partial charge is 0.497 e. The second kappa shape index (κ2) is 8.41. The zero-order valence-electron chi connectivity index (χ0n) is 16.9. The summed E-state index contributed by atoms with van der Waals surface area (Å²) >= 11 is 0. The molecule has 4 rings (SSSR count). The van der Waals surface area contributed by atoms with Crippen molar-refractivity contribution in [3.63, 3.8) is 0 Å². The maximum absolute atomic E-state index is 12.9. The third-order valence-corrected chi connectivity index (χ3v) is 5.14. The molecule has 0 saturated heterocycles. The predicted octanol–water partition coefficient (Wildman–Crippen LogP) is 3.54. The maximum atomic E-state index is 12.9. The van der Waals surface area contributed by atoms with E-state index in [1.165, 1.54) is 14.2 Å². The van der Waals surface area contributed by atoms with Crippen molar-refractivity contribution in [1.82, 2.24) is 4.98 Å². The number of carbonyl (C=O) groups is 2. The van der Waals surface area contributed by atoms with Gasteiger partial charge in [-0.1, -0.05) is 18.2 Å². The first-order chi connectivity index (χ1) is 14.6. The van der Waals surface area contributed by atoms with Crippen LogP contribution in [0.4, 0.5) is 5.69 Å². The van der Waals surface area contributed by atoms with Crippen LogP contribution >= 0.6 is 0 Å². The van der Waals surface area contributed by atoms with E-state index >= 15 is 0 Å². The fourth-order valence-electron chi connectivity index (χ4n) is 3.75. The predicted molar refractivity (Wildman–Crippen MR) is 112 cm³/mol. The van der Waals surface area contributed by atoms with Crippen molar-refractivity contribution < 1.29 is 23.8 Å². The minimum absolute atomic E-state index is 0.412. The molecule has 7 heteroatoms. The minimum atomic E-state index is -0.514. The van der Waals surface area contributed by atoms with E-state index in [9.17, 15) is 9.59 Å². The molecule has 2 aromatic carbocycles. The summed E-state index contributed by atoms with van der Waals surface area (Å²) in [4.78, 5) is 30.0. The molecule has 30 heavy (non-hydrogen) atoms. The van der Waals surface area contributed by atoms with E-state index in [0.29, 0.717) is 22.7 Å². The number of carbonyl (C=O) groups excluding carboxylic acids is 2. The van der Waals surface area contributed by atoms with E-state index in [1.54, 1.807) is 18.2 Å². The highest BCUT2D eigenvalue weighted by Gasteiger charge is 2.25. The molecule has 1 aliphatic rings. The first-order valence-corrected chi connectivity index (χ1v) is 9.70. The Morgan fingerprint density at radius 1 is 1.07 bits per heavy atom. The smallest absolute Gasteiger partial charge is 0.339 e. The third kappa shape index (κ3) is 3.78. The molecule has 3 aromatic rings. The van der Waals surface area contributed by atoms with Crippen LogP contribution in [0.5, 0.6) is 11.5 Å². The molecule has 0 bridgehead atoms. The van der Waals surface area contributed by atoms with Gasteiger partial charge >= 0.3 is 5.97 Å². The van der Waals surface area contributed by atoms with Crippen LogP contribution in [0.2, 0.25) is 0 Å². The lowest BCUT2D eigenvalue weighted by Crippen LogP contribution is -2.22. The molecule has 1 aromatic heterocycles. The Morgan fingerprint density at radius 3 is 2.70 bits per heavy atom. The summed E-state index contributed by atoms with van der Waals surface area (Å²) in [5.41, 5.74) is 3.57. The summed E-state index contributed by atoms with van der Waals surface area (Å²) in [6.45, 7) is -0.412. The molecule has 0 fully saturated rings. The molecule has 1 aliphatic carbocycles. The monoisotopic (exact) mass is 406 g/mol. The molecule has 0 radical (unpaired) electrons. The minimum Gasteiger partial charge on any atom is -0.497 e. The second-order valence-electron chi connectivity index (χ2n) is 6.97. The van der Waals surface area contributed by atoms with Crippen LogP contribution in [0.1, 0.15) is 28.0 Å². The van der Waals surface area contributed by atoms with Gasteiger partial charge in [-0.3, -0.25) is 9.78 Å². The number of esters is 1. The summed E-state index contributed by atoms with van der Waals surface area (Å²) in [6, 6.07) is 12.5. The van der Waals surface area contributed by atoms with Gasteiger partial charge in [-0.25, -0.2) is 4.79 Å². The van der Waals surface area contributed by atoms with Crippen molar-refractivity contribution in [3.8, 4) is 11.5 Å². The van der Waals surface area contributed by atoms with E-state index < -0.39 is 18.5 Å². The highest BCUT2D eigenvalue weighted by molar-refractivity contribution is 6.06. The zero-order chi connectivity index (χ0) is 21.1. The number of nitrogens with zero attached hydrogens (tertiary/aromatic N) is 1. The SMILES string of the molecule is COc1ccc(OC)c(NC(=O)COC(=O)c2c3c(nc4ccccc24)CCC3)c1. The van der Waals surface area contributed by atoms with Crippen LogP contribution in [0, 0.1) is 0 Å². The Labute approximate surface area is 174 Å². The first-order valence-electron chi connectivity index (χ1n) is 9.70. The number of fused-ring (bicyclic) bond motifs is 2. The normalized spacial score (nSPS) is 12.3. The number of nitrogens with one attached hydrogen (secondary N) is 1. The van der Waals surface area contributed by atoms with Crippen LogP contribution in [0.3, 0.4) is 0 Å². The standard InChI is InChI=1S/C23H22N2O5/c1-28-14-10-11-20(29-2)19(12-14)25-21(26)13-30-23(27)22-15-6-3-4-8-17(15)24-18-9-5-7-16(18)22/h3-4,6,8,10-12H,5,7,9,13H2,1-2H3,(H,25,26). The van der Waals surface area contributed by atoms with E-state index in [1.807, 2.05) is 24.3 Å². The van der Waals surface area contributed by atoms with Crippen molar-refractivity contribution in [3.05, 3.63) is 59.3 Å². The van der Waals surface area contributed by atoms with Crippen LogP contribution in [0.15, 0.2) is 42.5 Å². The molecule has 1 N–H and O–H groups in total. The number of rotatable bonds is 6. The average molecular weight is 406 g/mol. The van der Waals surface area contributed by atoms with E-state index in [0.717, 1.165) is 41.4 Å². The van der Waals surface area contributed by atoms with Crippen molar-refractivity contribution in [1.29, 1.82) is 0 Å². The summed E-state index contributed by atoms with van der Waals surface area (Å²) in [7, 11) is 3.04. The number of pyridine rings is 1. The van der Waals surface area contributed by atoms with E-state index in [2.05, 4.69) is 10.3 Å². The molecule has 154 valence electrons. The number of hydrogen-bond acceptors (Lipinski definition) is 6. The van der Waals surface area contributed by atoms with Crippen molar-refractivity contribution in [2.45, 2.75) is 19.3 Å². The average Bonchev–Trinajstić information content (AvgIpc) is 3.23. The number of amides is 1. The molecule has 0 saturated carbocycles. The van der Waals surface area contributed by atoms with Gasteiger partial charge in [0.1, 0.15) is 11.5 Å². The van der Waals surface area contributed by atoms with Crippen molar-refractivity contribution >= 4 is 28.5 Å². The number of benzene rings is 2. The molecular weight excluding hydrogens is 384 g/mol. The number of hydrogen-bond donors (Lipinski definition) is 1. The lowest BCUT2D eigenvalue weighted by atomic mass is 10.0. The van der Waals surface area contributed by atoms with Gasteiger partial charge in [0.15, 0.2) is 6.61 Å². The second-order valence-corrected chi connectivity index (χ2v) is 6.97. The number of methoxy groups -OCH3 is 2. The Bertz CT molecular complexity index is 1130. The van der Waals surface area contributed by atoms with Crippen LogP contribution in [-0.2, 0) is 22.4 Å². The van der Waals surface area contributed by atoms with Gasteiger partial charge in [-0.15, -0.1) is 0 Å². The van der Waals surface area contributed by atoms with E-state index in [-0.39, 0.29) is 0 Å². The number of aryl methyl sites for hydroxylation is 1. The molecule has 7 nitrogen and oxygen atoms in total. The Hall–Kier alpha value is -3.61. The van der Waals surface area contributed by atoms with Gasteiger partial charge in [0, 0.05) is 17.1 Å². The Balaban J connectivity index is 1.52. The van der Waals surface area contributed by atoms with Gasteiger partial charge in [-0.05, 0) is 43.0 Å². The van der Waals surface area contributed by atoms with Gasteiger partial charge in [-0.2, -0.15) is 0 Å². The molecule has 0 spiro atoms. The van der Waals surface area contributed by atoms with Crippen LogP contribution in [-0.4, -0.2) is 37.7 Å². The molecule has 0 atom stereocenters. The molecule has 0 aliphatic heterocycles. The third-order valence-electron chi connectivity index (χ3n) is 5.14. The van der Waals surface area contributed by atoms with Gasteiger partial charge in [0.2, 0.25) is 0 Å². The van der Waals surface area contributed by atoms with Crippen molar-refractivity contribution in [2.24, 2.45) is 0 Å². The van der Waals surface area contributed by atoms with Gasteiger partial charge in [0.05, 0.1) is 31.0 Å². The number of ether oxygens (including phenoxy) is 3. The topological polar surface area (TPSA) is 86.8 Å². The zero-order valence-corrected chi connectivity index (χ0v) is 16.9. The number of anilines is 1. The highest BCUT2D eigenvalue weighted by Crippen LogP contribution is 2.31. The summed E-state index contributed by atoms with van der Waals surface area (Å²) in [5, 5.41) is 3.45. The molecule has 1 heterocycles. The first kappa shape index (κ1) is 19.7.